The summed E-state index contributed by atoms with van der Waals surface area (Å²) in [5.41, 5.74) is 3.32. The molecule has 1 aliphatic heterocycles. The fourth-order valence-corrected chi connectivity index (χ4v) is 6.29. The first-order valence-corrected chi connectivity index (χ1v) is 13.3. The molecule has 5 rings (SSSR count). The van der Waals surface area contributed by atoms with Crippen molar-refractivity contribution < 1.29 is 22.7 Å². The van der Waals surface area contributed by atoms with Crippen LogP contribution in [0, 0.1) is 6.92 Å². The number of anilines is 2. The van der Waals surface area contributed by atoms with Crippen LogP contribution < -0.4 is 15.4 Å². The van der Waals surface area contributed by atoms with Crippen molar-refractivity contribution in [3.63, 3.8) is 0 Å². The number of aryl methyl sites for hydroxylation is 1. The summed E-state index contributed by atoms with van der Waals surface area (Å²) >= 11 is 0. The number of hydrogen-bond donors (Lipinski definition) is 2. The number of benzene rings is 1. The van der Waals surface area contributed by atoms with Crippen LogP contribution in [0.4, 0.5) is 11.4 Å². The van der Waals surface area contributed by atoms with Gasteiger partial charge in [-0.3, -0.25) is 9.59 Å². The van der Waals surface area contributed by atoms with Crippen LogP contribution in [-0.4, -0.2) is 53.6 Å². The van der Waals surface area contributed by atoms with Crippen LogP contribution in [0.5, 0.6) is 5.75 Å². The lowest BCUT2D eigenvalue weighted by Gasteiger charge is -2.14. The Balaban J connectivity index is 1.58. The van der Waals surface area contributed by atoms with Gasteiger partial charge in [0.25, 0.3) is 5.91 Å². The average Bonchev–Trinajstić information content (AvgIpc) is 3.51. The van der Waals surface area contributed by atoms with Crippen LogP contribution in [-0.2, 0) is 14.6 Å². The highest BCUT2D eigenvalue weighted by Crippen LogP contribution is 2.41. The number of nitrogens with one attached hydrogen (secondary N) is 2. The molecule has 1 saturated carbocycles. The first-order chi connectivity index (χ1) is 16.6. The summed E-state index contributed by atoms with van der Waals surface area (Å²) in [6, 6.07) is 6.50. The normalized spacial score (nSPS) is 19.0. The smallest absolute Gasteiger partial charge is 0.256 e. The predicted molar refractivity (Wildman–Crippen MR) is 132 cm³/mol. The zero-order valence-corrected chi connectivity index (χ0v) is 20.6. The summed E-state index contributed by atoms with van der Waals surface area (Å²) in [5, 5.41) is 10.8. The molecule has 3 aromatic rings. The summed E-state index contributed by atoms with van der Waals surface area (Å²) in [5.74, 6) is 0.280. The summed E-state index contributed by atoms with van der Waals surface area (Å²) in [6.45, 7) is 3.21. The summed E-state index contributed by atoms with van der Waals surface area (Å²) < 4.78 is 31.3. The molecule has 11 heteroatoms. The van der Waals surface area contributed by atoms with E-state index in [2.05, 4.69) is 15.7 Å². The van der Waals surface area contributed by atoms with Crippen molar-refractivity contribution >= 4 is 44.1 Å². The van der Waals surface area contributed by atoms with Gasteiger partial charge >= 0.3 is 0 Å². The summed E-state index contributed by atoms with van der Waals surface area (Å²) in [4.78, 5) is 29.9. The van der Waals surface area contributed by atoms with Gasteiger partial charge in [-0.2, -0.15) is 5.10 Å². The molecule has 1 aliphatic carbocycles. The maximum atomic E-state index is 13.6. The Kier molecular flexibility index (Phi) is 5.74. The van der Waals surface area contributed by atoms with Crippen LogP contribution >= 0.6 is 0 Å². The Labute approximate surface area is 203 Å². The minimum atomic E-state index is -3.12. The maximum absolute atomic E-state index is 13.6. The van der Waals surface area contributed by atoms with Gasteiger partial charge in [0.05, 0.1) is 47.0 Å². The molecule has 2 N–H and O–H groups in total. The molecule has 2 aromatic heterocycles. The molecular formula is C24H27N5O5S. The number of carbonyl (C=O) groups is 2. The fourth-order valence-electron chi connectivity index (χ4n) is 4.60. The zero-order chi connectivity index (χ0) is 24.9. The molecule has 1 saturated heterocycles. The van der Waals surface area contributed by atoms with Crippen molar-refractivity contribution in [3.05, 3.63) is 41.2 Å². The van der Waals surface area contributed by atoms with E-state index in [1.54, 1.807) is 29.8 Å². The largest absolute Gasteiger partial charge is 0.495 e. The van der Waals surface area contributed by atoms with E-state index in [4.69, 9.17) is 9.72 Å². The standard InChI is InChI=1S/C24H27N5O5S/c1-13-22-18(24(31)27-20-10-16(25-14(2)30)6-7-21(20)34-3)11-19(15-4-5-15)26-23(22)29(28-13)17-8-9-35(32,33)12-17/h6-7,10-11,15,17H,4-5,8-9,12H2,1-3H3,(H,25,30)(H,27,31). The van der Waals surface area contributed by atoms with Crippen molar-refractivity contribution in [1.82, 2.24) is 14.8 Å². The number of carbonyl (C=O) groups excluding carboxylic acids is 2. The molecule has 1 aromatic carbocycles. The predicted octanol–water partition coefficient (Wildman–Crippen LogP) is 3.20. The third-order valence-corrected chi connectivity index (χ3v) is 8.17. The molecule has 1 atom stereocenters. The van der Waals surface area contributed by atoms with Crippen molar-refractivity contribution in [3.8, 4) is 5.75 Å². The highest BCUT2D eigenvalue weighted by Gasteiger charge is 2.34. The van der Waals surface area contributed by atoms with E-state index in [0.717, 1.165) is 18.5 Å². The van der Waals surface area contributed by atoms with E-state index in [1.165, 1.54) is 14.0 Å². The molecule has 2 amide bonds. The summed E-state index contributed by atoms with van der Waals surface area (Å²) in [6.07, 6.45) is 2.47. The van der Waals surface area contributed by atoms with Crippen LogP contribution in [0.25, 0.3) is 11.0 Å². The quantitative estimate of drug-likeness (QED) is 0.534. The van der Waals surface area contributed by atoms with E-state index in [0.29, 0.717) is 45.8 Å². The third-order valence-electron chi connectivity index (χ3n) is 6.42. The number of rotatable bonds is 6. The highest BCUT2D eigenvalue weighted by atomic mass is 32.2. The Morgan fingerprint density at radius 2 is 1.91 bits per heavy atom. The van der Waals surface area contributed by atoms with Gasteiger partial charge in [-0.1, -0.05) is 0 Å². The minimum Gasteiger partial charge on any atom is -0.495 e. The molecule has 10 nitrogen and oxygen atoms in total. The van der Waals surface area contributed by atoms with E-state index < -0.39 is 9.84 Å². The van der Waals surface area contributed by atoms with Crippen molar-refractivity contribution in [2.45, 2.75) is 45.1 Å². The number of aromatic nitrogens is 3. The SMILES string of the molecule is COc1ccc(NC(C)=O)cc1NC(=O)c1cc(C2CC2)nc2c1c(C)nn2C1CCS(=O)(=O)C1. The number of amides is 2. The first-order valence-electron chi connectivity index (χ1n) is 11.5. The second kappa shape index (κ2) is 8.63. The van der Waals surface area contributed by atoms with Gasteiger partial charge < -0.3 is 15.4 Å². The van der Waals surface area contributed by atoms with Gasteiger partial charge in [-0.15, -0.1) is 0 Å². The van der Waals surface area contributed by atoms with Crippen molar-refractivity contribution in [2.75, 3.05) is 29.2 Å². The number of fused-ring (bicyclic) bond motifs is 1. The Hall–Kier alpha value is -3.47. The second-order valence-corrected chi connectivity index (χ2v) is 11.4. The Morgan fingerprint density at radius 3 is 2.54 bits per heavy atom. The molecule has 184 valence electrons. The lowest BCUT2D eigenvalue weighted by Crippen LogP contribution is -2.16. The first kappa shape index (κ1) is 23.3. The molecule has 35 heavy (non-hydrogen) atoms. The van der Waals surface area contributed by atoms with Crippen molar-refractivity contribution in [1.29, 1.82) is 0 Å². The molecule has 2 fully saturated rings. The van der Waals surface area contributed by atoms with Gasteiger partial charge in [0.1, 0.15) is 5.75 Å². The molecular weight excluding hydrogens is 470 g/mol. The van der Waals surface area contributed by atoms with E-state index >= 15 is 0 Å². The van der Waals surface area contributed by atoms with Crippen LogP contribution in [0.3, 0.4) is 0 Å². The molecule has 0 radical (unpaired) electrons. The van der Waals surface area contributed by atoms with E-state index in [-0.39, 0.29) is 35.3 Å². The van der Waals surface area contributed by atoms with Gasteiger partial charge in [-0.25, -0.2) is 18.1 Å². The summed E-state index contributed by atoms with van der Waals surface area (Å²) in [7, 11) is -1.61. The number of methoxy groups -OCH3 is 1. The molecule has 0 bridgehead atoms. The number of ether oxygens (including phenoxy) is 1. The fraction of sp³-hybridized carbons (Fsp3) is 0.417. The number of hydrogen-bond acceptors (Lipinski definition) is 7. The molecule has 2 aliphatic rings. The second-order valence-electron chi connectivity index (χ2n) is 9.20. The average molecular weight is 498 g/mol. The van der Waals surface area contributed by atoms with Crippen molar-refractivity contribution in [2.24, 2.45) is 0 Å². The minimum absolute atomic E-state index is 0.0211. The number of nitrogens with zero attached hydrogens (tertiary/aromatic N) is 3. The van der Waals surface area contributed by atoms with E-state index in [1.807, 2.05) is 6.07 Å². The van der Waals surface area contributed by atoms with Gasteiger partial charge in [-0.05, 0) is 50.5 Å². The molecule has 0 spiro atoms. The lowest BCUT2D eigenvalue weighted by molar-refractivity contribution is -0.114. The highest BCUT2D eigenvalue weighted by molar-refractivity contribution is 7.91. The van der Waals surface area contributed by atoms with Gasteiger partial charge in [0, 0.05) is 24.2 Å². The van der Waals surface area contributed by atoms with Crippen LogP contribution in [0.2, 0.25) is 0 Å². The lowest BCUT2D eigenvalue weighted by atomic mass is 10.1. The van der Waals surface area contributed by atoms with Crippen LogP contribution in [0.1, 0.15) is 59.9 Å². The number of sulfone groups is 1. The topological polar surface area (TPSA) is 132 Å². The van der Waals surface area contributed by atoms with Gasteiger partial charge in [0.2, 0.25) is 5.91 Å². The number of pyridine rings is 1. The van der Waals surface area contributed by atoms with E-state index in [9.17, 15) is 18.0 Å². The molecule has 1 unspecified atom stereocenters. The Morgan fingerprint density at radius 1 is 1.14 bits per heavy atom. The Bertz CT molecular complexity index is 1460. The molecule has 3 heterocycles. The third kappa shape index (κ3) is 4.60. The van der Waals surface area contributed by atoms with Crippen LogP contribution in [0.15, 0.2) is 24.3 Å². The van der Waals surface area contributed by atoms with Gasteiger partial charge in [0.15, 0.2) is 15.5 Å². The monoisotopic (exact) mass is 497 g/mol. The zero-order valence-electron chi connectivity index (χ0n) is 19.8. The maximum Gasteiger partial charge on any atom is 0.256 e.